The molecule has 0 unspecified atom stereocenters. The van der Waals surface area contributed by atoms with Gasteiger partial charge < -0.3 is 14.2 Å². The van der Waals surface area contributed by atoms with Crippen LogP contribution in [0.4, 0.5) is 0 Å². The van der Waals surface area contributed by atoms with E-state index < -0.39 is 6.10 Å². The van der Waals surface area contributed by atoms with Gasteiger partial charge in [0.15, 0.2) is 6.10 Å². The van der Waals surface area contributed by atoms with E-state index in [0.717, 1.165) is 75.5 Å². The molecule has 380 valence electrons. The number of esters is 3. The van der Waals surface area contributed by atoms with Crippen LogP contribution >= 0.6 is 0 Å². The van der Waals surface area contributed by atoms with Crippen LogP contribution in [-0.2, 0) is 28.6 Å². The van der Waals surface area contributed by atoms with Gasteiger partial charge in [-0.1, -0.05) is 279 Å². The van der Waals surface area contributed by atoms with Crippen molar-refractivity contribution in [2.45, 2.75) is 324 Å². The van der Waals surface area contributed by atoms with E-state index in [4.69, 9.17) is 14.2 Å². The fraction of sp³-hybridized carbons (Fsp3) is 0.948. The maximum atomic E-state index is 12.8. The van der Waals surface area contributed by atoms with Gasteiger partial charge in [-0.3, -0.25) is 14.4 Å². The van der Waals surface area contributed by atoms with Gasteiger partial charge in [0.25, 0.3) is 0 Å². The van der Waals surface area contributed by atoms with Gasteiger partial charge in [-0.25, -0.2) is 0 Å². The summed E-state index contributed by atoms with van der Waals surface area (Å²) in [7, 11) is 0. The first kappa shape index (κ1) is 62.4. The molecule has 0 fully saturated rings. The Labute approximate surface area is 399 Å². The monoisotopic (exact) mass is 905 g/mol. The van der Waals surface area contributed by atoms with Gasteiger partial charge in [0.2, 0.25) is 0 Å². The molecule has 0 spiro atoms. The summed E-state index contributed by atoms with van der Waals surface area (Å²) >= 11 is 0. The van der Waals surface area contributed by atoms with Gasteiger partial charge in [-0.05, 0) is 37.0 Å². The highest BCUT2D eigenvalue weighted by Gasteiger charge is 2.19. The average molecular weight is 906 g/mol. The predicted molar refractivity (Wildman–Crippen MR) is 275 cm³/mol. The molecule has 0 radical (unpaired) electrons. The maximum Gasteiger partial charge on any atom is 0.306 e. The van der Waals surface area contributed by atoms with Gasteiger partial charge in [0.1, 0.15) is 13.2 Å². The lowest BCUT2D eigenvalue weighted by Gasteiger charge is -2.18. The largest absolute Gasteiger partial charge is 0.462 e. The van der Waals surface area contributed by atoms with E-state index in [-0.39, 0.29) is 31.1 Å². The molecule has 0 aromatic rings. The van der Waals surface area contributed by atoms with Gasteiger partial charge in [0.05, 0.1) is 0 Å². The van der Waals surface area contributed by atoms with Crippen molar-refractivity contribution >= 4 is 17.9 Å². The molecule has 1 atom stereocenters. The summed E-state index contributed by atoms with van der Waals surface area (Å²) in [6.07, 6.45) is 51.0. The van der Waals surface area contributed by atoms with Crippen molar-refractivity contribution in [3.05, 3.63) is 0 Å². The zero-order valence-electron chi connectivity index (χ0n) is 44.1. The Bertz CT molecular complexity index is 991. The fourth-order valence-corrected chi connectivity index (χ4v) is 8.82. The van der Waals surface area contributed by atoms with E-state index in [1.54, 1.807) is 0 Å². The average Bonchev–Trinajstić information content (AvgIpc) is 3.25. The first-order chi connectivity index (χ1) is 31.1. The van der Waals surface area contributed by atoms with Crippen LogP contribution in [0.5, 0.6) is 0 Å². The first-order valence-corrected chi connectivity index (χ1v) is 28.6. The van der Waals surface area contributed by atoms with Crippen molar-refractivity contribution in [3.63, 3.8) is 0 Å². The van der Waals surface area contributed by atoms with Crippen molar-refractivity contribution < 1.29 is 28.6 Å². The minimum atomic E-state index is -0.763. The van der Waals surface area contributed by atoms with E-state index >= 15 is 0 Å². The molecule has 0 saturated heterocycles. The molecule has 0 amide bonds. The summed E-state index contributed by atoms with van der Waals surface area (Å²) in [5.41, 5.74) is 0. The lowest BCUT2D eigenvalue weighted by molar-refractivity contribution is -0.167. The summed E-state index contributed by atoms with van der Waals surface area (Å²) in [5.74, 6) is 1.64. The Balaban J connectivity index is 4.27. The Morgan fingerprint density at radius 1 is 0.266 bits per heavy atom. The third-order valence-corrected chi connectivity index (χ3v) is 13.1. The van der Waals surface area contributed by atoms with Crippen molar-refractivity contribution in [2.24, 2.45) is 17.8 Å². The van der Waals surface area contributed by atoms with Crippen LogP contribution in [0.3, 0.4) is 0 Å². The van der Waals surface area contributed by atoms with Gasteiger partial charge in [0, 0.05) is 19.3 Å². The van der Waals surface area contributed by atoms with Crippen molar-refractivity contribution in [1.82, 2.24) is 0 Å². The van der Waals surface area contributed by atoms with E-state index in [1.807, 2.05) is 0 Å². The second-order valence-corrected chi connectivity index (χ2v) is 21.4. The van der Waals surface area contributed by atoms with Crippen molar-refractivity contribution in [1.29, 1.82) is 0 Å². The topological polar surface area (TPSA) is 78.9 Å². The second kappa shape index (κ2) is 49.3. The SMILES string of the molecule is CC(C)CCCCCCCCCCCCCCCCCC(=O)OC[C@H](COC(=O)CCCCCCCCCCC(C)C)OC(=O)CCCCCCCCCCCCCCCCC(C)C. The lowest BCUT2D eigenvalue weighted by atomic mass is 10.0. The number of carbonyl (C=O) groups is 3. The van der Waals surface area contributed by atoms with Crippen LogP contribution in [0.1, 0.15) is 318 Å². The summed E-state index contributed by atoms with van der Waals surface area (Å²) in [6, 6.07) is 0. The van der Waals surface area contributed by atoms with Crippen LogP contribution in [0.2, 0.25) is 0 Å². The number of rotatable bonds is 51. The Hall–Kier alpha value is -1.59. The number of unbranched alkanes of at least 4 members (excludes halogenated alkanes) is 34. The highest BCUT2D eigenvalue weighted by molar-refractivity contribution is 5.71. The highest BCUT2D eigenvalue weighted by Crippen LogP contribution is 2.18. The molecule has 0 bridgehead atoms. The molecule has 0 aliphatic carbocycles. The van der Waals surface area contributed by atoms with Gasteiger partial charge >= 0.3 is 17.9 Å². The van der Waals surface area contributed by atoms with Crippen LogP contribution in [-0.4, -0.2) is 37.2 Å². The minimum Gasteiger partial charge on any atom is -0.462 e. The van der Waals surface area contributed by atoms with Crippen LogP contribution < -0.4 is 0 Å². The zero-order valence-corrected chi connectivity index (χ0v) is 44.1. The summed E-state index contributed by atoms with van der Waals surface area (Å²) in [6.45, 7) is 13.7. The van der Waals surface area contributed by atoms with E-state index in [0.29, 0.717) is 19.3 Å². The molecule has 6 heteroatoms. The van der Waals surface area contributed by atoms with Crippen LogP contribution in [0.25, 0.3) is 0 Å². The molecule has 0 aliphatic heterocycles. The molecule has 0 N–H and O–H groups in total. The van der Waals surface area contributed by atoms with Crippen LogP contribution in [0.15, 0.2) is 0 Å². The normalized spacial score (nSPS) is 12.1. The van der Waals surface area contributed by atoms with E-state index in [2.05, 4.69) is 41.5 Å². The molecule has 0 heterocycles. The summed E-state index contributed by atoms with van der Waals surface area (Å²) in [5, 5.41) is 0. The predicted octanol–water partition coefficient (Wildman–Crippen LogP) is 18.7. The molecule has 6 nitrogen and oxygen atoms in total. The number of carbonyl (C=O) groups excluding carboxylic acids is 3. The Morgan fingerprint density at radius 3 is 0.672 bits per heavy atom. The number of hydrogen-bond donors (Lipinski definition) is 0. The summed E-state index contributed by atoms with van der Waals surface area (Å²) < 4.78 is 16.9. The van der Waals surface area contributed by atoms with Gasteiger partial charge in [-0.2, -0.15) is 0 Å². The number of ether oxygens (including phenoxy) is 3. The first-order valence-electron chi connectivity index (χ1n) is 28.6. The quantitative estimate of drug-likeness (QED) is 0.0344. The zero-order chi connectivity index (χ0) is 47.0. The molecule has 0 aromatic carbocycles. The minimum absolute atomic E-state index is 0.0639. The van der Waals surface area contributed by atoms with E-state index in [1.165, 1.54) is 199 Å². The number of hydrogen-bond acceptors (Lipinski definition) is 6. The standard InChI is InChI=1S/C58H112O6/c1-52(2)44-38-32-26-20-16-12-8-7-9-14-18-22-29-35-41-47-56(59)62-50-55(51-63-57(60)48-42-36-30-25-24-28-34-40-46-54(5)6)64-58(61)49-43-37-31-23-19-15-11-10-13-17-21-27-33-39-45-53(3)4/h52-55H,7-51H2,1-6H3/t55-/m1/s1. The molecule has 0 saturated carbocycles. The molecular formula is C58H112O6. The maximum absolute atomic E-state index is 12.8. The van der Waals surface area contributed by atoms with E-state index in [9.17, 15) is 14.4 Å². The third kappa shape index (κ3) is 51.4. The van der Waals surface area contributed by atoms with Crippen molar-refractivity contribution in [2.75, 3.05) is 13.2 Å². The Kier molecular flexibility index (Phi) is 48.1. The van der Waals surface area contributed by atoms with Gasteiger partial charge in [-0.15, -0.1) is 0 Å². The lowest BCUT2D eigenvalue weighted by Crippen LogP contribution is -2.30. The third-order valence-electron chi connectivity index (χ3n) is 13.1. The highest BCUT2D eigenvalue weighted by atomic mass is 16.6. The molecular weight excluding hydrogens is 793 g/mol. The molecule has 0 aliphatic rings. The second-order valence-electron chi connectivity index (χ2n) is 21.4. The fourth-order valence-electron chi connectivity index (χ4n) is 8.82. The molecule has 0 rings (SSSR count). The smallest absolute Gasteiger partial charge is 0.306 e. The Morgan fingerprint density at radius 2 is 0.453 bits per heavy atom. The summed E-state index contributed by atoms with van der Waals surface area (Å²) in [4.78, 5) is 38.1. The van der Waals surface area contributed by atoms with Crippen molar-refractivity contribution in [3.8, 4) is 0 Å². The van der Waals surface area contributed by atoms with Crippen LogP contribution in [0, 0.1) is 17.8 Å². The molecule has 64 heavy (non-hydrogen) atoms. The molecule has 0 aromatic heterocycles.